The van der Waals surface area contributed by atoms with Crippen LogP contribution in [-0.2, 0) is 15.4 Å². The van der Waals surface area contributed by atoms with Gasteiger partial charge >= 0.3 is 0 Å². The smallest absolute Gasteiger partial charge is 0.263 e. The van der Waals surface area contributed by atoms with Crippen LogP contribution in [0.4, 0.5) is 5.82 Å². The molecule has 0 atom stereocenters. The summed E-state index contributed by atoms with van der Waals surface area (Å²) in [5.74, 6) is 0.352. The number of H-pyrrole nitrogens is 1. The molecule has 0 aliphatic carbocycles. The maximum absolute atomic E-state index is 12.4. The highest BCUT2D eigenvalue weighted by atomic mass is 32.2. The van der Waals surface area contributed by atoms with Gasteiger partial charge in [-0.2, -0.15) is 5.10 Å². The summed E-state index contributed by atoms with van der Waals surface area (Å²) in [5.41, 5.74) is 1.59. The first-order valence-electron chi connectivity index (χ1n) is 6.33. The number of rotatable bonds is 3. The number of benzene rings is 1. The summed E-state index contributed by atoms with van der Waals surface area (Å²) in [5, 5.41) is 6.31. The van der Waals surface area contributed by atoms with Crippen LogP contribution in [0.15, 0.2) is 35.4 Å². The van der Waals surface area contributed by atoms with Gasteiger partial charge in [-0.1, -0.05) is 32.9 Å². The minimum atomic E-state index is -3.62. The molecule has 2 rings (SSSR count). The van der Waals surface area contributed by atoms with Crippen molar-refractivity contribution in [3.8, 4) is 0 Å². The first-order valence-corrected chi connectivity index (χ1v) is 7.82. The van der Waals surface area contributed by atoms with E-state index < -0.39 is 10.0 Å². The lowest BCUT2D eigenvalue weighted by Crippen LogP contribution is -2.17. The highest BCUT2D eigenvalue weighted by Crippen LogP contribution is 2.27. The molecule has 0 amide bonds. The molecule has 0 aliphatic heterocycles. The molecule has 5 nitrogen and oxygen atoms in total. The predicted octanol–water partition coefficient (Wildman–Crippen LogP) is 2.82. The lowest BCUT2D eigenvalue weighted by Gasteiger charge is -2.20. The monoisotopic (exact) mass is 293 g/mol. The van der Waals surface area contributed by atoms with E-state index in [1.165, 1.54) is 6.20 Å². The first kappa shape index (κ1) is 14.6. The molecule has 0 aliphatic rings. The molecule has 2 N–H and O–H groups in total. The summed E-state index contributed by atoms with van der Waals surface area (Å²) in [6.07, 6.45) is 1.50. The molecule has 20 heavy (non-hydrogen) atoms. The van der Waals surface area contributed by atoms with E-state index in [1.54, 1.807) is 19.1 Å². The first-order chi connectivity index (χ1) is 9.20. The molecule has 1 aromatic heterocycles. The Morgan fingerprint density at radius 1 is 1.20 bits per heavy atom. The second kappa shape index (κ2) is 4.94. The van der Waals surface area contributed by atoms with E-state index in [0.29, 0.717) is 16.3 Å². The van der Waals surface area contributed by atoms with Crippen molar-refractivity contribution in [2.45, 2.75) is 38.0 Å². The highest BCUT2D eigenvalue weighted by molar-refractivity contribution is 7.92. The Labute approximate surface area is 119 Å². The summed E-state index contributed by atoms with van der Waals surface area (Å²) in [7, 11) is -3.62. The molecule has 1 aromatic carbocycles. The molecule has 0 unspecified atom stereocenters. The van der Waals surface area contributed by atoms with Crippen LogP contribution in [-0.4, -0.2) is 18.6 Å². The van der Waals surface area contributed by atoms with Crippen molar-refractivity contribution in [2.24, 2.45) is 0 Å². The maximum atomic E-state index is 12.4. The van der Waals surface area contributed by atoms with Crippen LogP contribution in [0.5, 0.6) is 0 Å². The van der Waals surface area contributed by atoms with E-state index in [0.717, 1.165) is 5.56 Å². The molecule has 108 valence electrons. The average molecular weight is 293 g/mol. The Balaban J connectivity index is 2.46. The summed E-state index contributed by atoms with van der Waals surface area (Å²) in [6, 6.07) is 7.10. The van der Waals surface area contributed by atoms with E-state index in [4.69, 9.17) is 0 Å². The molecule has 0 bridgehead atoms. The zero-order chi connectivity index (χ0) is 15.0. The van der Waals surface area contributed by atoms with Gasteiger partial charge in [0.25, 0.3) is 10.0 Å². The van der Waals surface area contributed by atoms with Crippen molar-refractivity contribution in [1.82, 2.24) is 10.2 Å². The molecule has 0 saturated carbocycles. The van der Waals surface area contributed by atoms with Gasteiger partial charge in [-0.05, 0) is 29.5 Å². The largest absolute Gasteiger partial charge is 0.264 e. The number of hydrogen-bond acceptors (Lipinski definition) is 3. The van der Waals surface area contributed by atoms with Crippen LogP contribution in [0.1, 0.15) is 31.9 Å². The number of hydrogen-bond donors (Lipinski definition) is 2. The van der Waals surface area contributed by atoms with E-state index in [-0.39, 0.29) is 5.41 Å². The molecular formula is C14H19N3O2S. The standard InChI is InChI=1S/C14H19N3O2S/c1-10-5-6-11(14(2,3)4)9-12(10)20(18,19)17-13-7-8-15-16-13/h5-9H,1-4H3,(H2,15,16,17). The number of nitrogens with one attached hydrogen (secondary N) is 2. The van der Waals surface area contributed by atoms with Gasteiger partial charge in [0, 0.05) is 6.07 Å². The van der Waals surface area contributed by atoms with Gasteiger partial charge in [0.15, 0.2) is 0 Å². The Morgan fingerprint density at radius 2 is 1.90 bits per heavy atom. The van der Waals surface area contributed by atoms with Gasteiger partial charge in [0.05, 0.1) is 11.1 Å². The number of aryl methyl sites for hydroxylation is 1. The zero-order valence-electron chi connectivity index (χ0n) is 12.1. The predicted molar refractivity (Wildman–Crippen MR) is 79.3 cm³/mol. The van der Waals surface area contributed by atoms with Crippen molar-refractivity contribution < 1.29 is 8.42 Å². The maximum Gasteiger partial charge on any atom is 0.263 e. The van der Waals surface area contributed by atoms with Crippen molar-refractivity contribution in [3.63, 3.8) is 0 Å². The van der Waals surface area contributed by atoms with Gasteiger partial charge in [-0.15, -0.1) is 0 Å². The van der Waals surface area contributed by atoms with Crippen LogP contribution < -0.4 is 4.72 Å². The fourth-order valence-electron chi connectivity index (χ4n) is 1.87. The Kier molecular flexibility index (Phi) is 3.60. The third-order valence-corrected chi connectivity index (χ3v) is 4.60. The molecule has 0 radical (unpaired) electrons. The Hall–Kier alpha value is -1.82. The SMILES string of the molecule is Cc1ccc(C(C)(C)C)cc1S(=O)(=O)Nc1ccn[nH]1. The van der Waals surface area contributed by atoms with Gasteiger partial charge in [0.1, 0.15) is 5.82 Å². The van der Waals surface area contributed by atoms with Crippen LogP contribution in [0.2, 0.25) is 0 Å². The van der Waals surface area contributed by atoms with Crippen LogP contribution in [0.3, 0.4) is 0 Å². The van der Waals surface area contributed by atoms with Gasteiger partial charge in [-0.3, -0.25) is 9.82 Å². The van der Waals surface area contributed by atoms with E-state index in [1.807, 2.05) is 12.1 Å². The second-order valence-corrected chi connectivity index (χ2v) is 7.46. The molecule has 0 fully saturated rings. The van der Waals surface area contributed by atoms with E-state index in [9.17, 15) is 8.42 Å². The summed E-state index contributed by atoms with van der Waals surface area (Å²) < 4.78 is 27.4. The molecule has 0 spiro atoms. The average Bonchev–Trinajstić information content (AvgIpc) is 2.79. The topological polar surface area (TPSA) is 74.8 Å². The fraction of sp³-hybridized carbons (Fsp3) is 0.357. The number of aromatic nitrogens is 2. The zero-order valence-corrected chi connectivity index (χ0v) is 12.9. The minimum Gasteiger partial charge on any atom is -0.264 e. The number of anilines is 1. The lowest BCUT2D eigenvalue weighted by atomic mass is 9.87. The Morgan fingerprint density at radius 3 is 2.45 bits per heavy atom. The summed E-state index contributed by atoms with van der Waals surface area (Å²) in [4.78, 5) is 0.291. The number of sulfonamides is 1. The summed E-state index contributed by atoms with van der Waals surface area (Å²) >= 11 is 0. The molecule has 2 aromatic rings. The number of nitrogens with zero attached hydrogens (tertiary/aromatic N) is 1. The van der Waals surface area contributed by atoms with Crippen molar-refractivity contribution >= 4 is 15.8 Å². The van der Waals surface area contributed by atoms with E-state index >= 15 is 0 Å². The Bertz CT molecular complexity index is 699. The number of aromatic amines is 1. The molecule has 6 heteroatoms. The van der Waals surface area contributed by atoms with Crippen molar-refractivity contribution in [2.75, 3.05) is 4.72 Å². The summed E-state index contributed by atoms with van der Waals surface area (Å²) in [6.45, 7) is 7.94. The van der Waals surface area contributed by atoms with Crippen LogP contribution >= 0.6 is 0 Å². The fourth-order valence-corrected chi connectivity index (χ4v) is 3.16. The van der Waals surface area contributed by atoms with Crippen molar-refractivity contribution in [1.29, 1.82) is 0 Å². The quantitative estimate of drug-likeness (QED) is 0.913. The molecular weight excluding hydrogens is 274 g/mol. The van der Waals surface area contributed by atoms with Gasteiger partial charge in [0.2, 0.25) is 0 Å². The highest BCUT2D eigenvalue weighted by Gasteiger charge is 2.21. The third-order valence-electron chi connectivity index (χ3n) is 3.09. The molecule has 0 saturated heterocycles. The van der Waals surface area contributed by atoms with E-state index in [2.05, 4.69) is 35.7 Å². The second-order valence-electron chi connectivity index (χ2n) is 5.81. The lowest BCUT2D eigenvalue weighted by molar-refractivity contribution is 0.584. The molecule has 1 heterocycles. The normalized spacial score (nSPS) is 12.4. The third kappa shape index (κ3) is 3.01. The van der Waals surface area contributed by atoms with Crippen LogP contribution in [0.25, 0.3) is 0 Å². The van der Waals surface area contributed by atoms with Gasteiger partial charge in [-0.25, -0.2) is 8.42 Å². The minimum absolute atomic E-state index is 0.105. The van der Waals surface area contributed by atoms with Gasteiger partial charge < -0.3 is 0 Å². The van der Waals surface area contributed by atoms with Crippen molar-refractivity contribution in [3.05, 3.63) is 41.6 Å². The van der Waals surface area contributed by atoms with Crippen LogP contribution in [0, 0.1) is 6.92 Å².